The first-order valence-corrected chi connectivity index (χ1v) is 5.27. The van der Waals surface area contributed by atoms with Gasteiger partial charge in [-0.15, -0.1) is 0 Å². The summed E-state index contributed by atoms with van der Waals surface area (Å²) in [7, 11) is 0. The maximum Gasteiger partial charge on any atom is 0.416 e. The van der Waals surface area contributed by atoms with Crippen LogP contribution >= 0.6 is 0 Å². The quantitative estimate of drug-likeness (QED) is 0.808. The molecular weight excluding hydrogens is 218 g/mol. The molecule has 4 nitrogen and oxygen atoms in total. The Morgan fingerprint density at radius 1 is 1.35 bits per heavy atom. The van der Waals surface area contributed by atoms with Crippen molar-refractivity contribution in [3.8, 4) is 0 Å². The van der Waals surface area contributed by atoms with Gasteiger partial charge in [0.15, 0.2) is 0 Å². The minimum atomic E-state index is -1.05. The zero-order valence-corrected chi connectivity index (χ0v) is 9.68. The Morgan fingerprint density at radius 3 is 2.59 bits per heavy atom. The van der Waals surface area contributed by atoms with E-state index in [9.17, 15) is 9.59 Å². The topological polar surface area (TPSA) is 59.3 Å². The molecule has 0 amide bonds. The maximum atomic E-state index is 11.1. The van der Waals surface area contributed by atoms with Gasteiger partial charge in [0.25, 0.3) is 0 Å². The first-order chi connectivity index (χ1) is 7.97. The number of aromatic nitrogens is 1. The molecule has 0 saturated heterocycles. The summed E-state index contributed by atoms with van der Waals surface area (Å²) in [5, 5.41) is 9.91. The van der Waals surface area contributed by atoms with Gasteiger partial charge >= 0.3 is 6.09 Å². The van der Waals surface area contributed by atoms with Crippen molar-refractivity contribution in [2.24, 2.45) is 0 Å². The lowest BCUT2D eigenvalue weighted by atomic mass is 9.86. The lowest BCUT2D eigenvalue weighted by Crippen LogP contribution is -2.18. The zero-order valence-electron chi connectivity index (χ0n) is 9.68. The van der Waals surface area contributed by atoms with Gasteiger partial charge in [-0.3, -0.25) is 4.57 Å². The highest BCUT2D eigenvalue weighted by atomic mass is 16.4. The summed E-state index contributed by atoms with van der Waals surface area (Å²) in [5.41, 5.74) is 0.635. The zero-order chi connectivity index (χ0) is 12.6. The molecule has 0 aliphatic rings. The molecule has 0 aliphatic carbocycles. The molecule has 1 aromatic carbocycles. The number of carbonyl (C=O) groups excluding carboxylic acids is 1. The van der Waals surface area contributed by atoms with E-state index in [-0.39, 0.29) is 0 Å². The highest BCUT2D eigenvalue weighted by Gasteiger charge is 2.25. The van der Waals surface area contributed by atoms with Crippen LogP contribution in [-0.2, 0) is 10.2 Å². The fraction of sp³-hybridized carbons (Fsp3) is 0.231. The van der Waals surface area contributed by atoms with E-state index >= 15 is 0 Å². The van der Waals surface area contributed by atoms with Gasteiger partial charge in [-0.1, -0.05) is 18.2 Å². The summed E-state index contributed by atoms with van der Waals surface area (Å²) in [6.45, 7) is 3.54. The second-order valence-corrected chi connectivity index (χ2v) is 4.55. The molecule has 0 saturated carbocycles. The van der Waals surface area contributed by atoms with Crippen molar-refractivity contribution in [2.75, 3.05) is 0 Å². The molecule has 4 heteroatoms. The van der Waals surface area contributed by atoms with Crippen LogP contribution in [0.5, 0.6) is 0 Å². The largest absolute Gasteiger partial charge is 0.464 e. The number of hydrogen-bond donors (Lipinski definition) is 1. The first kappa shape index (κ1) is 11.4. The monoisotopic (exact) mass is 231 g/mol. The fourth-order valence-electron chi connectivity index (χ4n) is 1.91. The average Bonchev–Trinajstić information content (AvgIpc) is 2.69. The highest BCUT2D eigenvalue weighted by molar-refractivity contribution is 5.94. The summed E-state index contributed by atoms with van der Waals surface area (Å²) in [5.74, 6) is 0. The van der Waals surface area contributed by atoms with Gasteiger partial charge in [0.1, 0.15) is 6.29 Å². The van der Waals surface area contributed by atoms with Crippen molar-refractivity contribution < 1.29 is 14.7 Å². The third-order valence-corrected chi connectivity index (χ3v) is 2.91. The second-order valence-electron chi connectivity index (χ2n) is 4.55. The van der Waals surface area contributed by atoms with E-state index in [1.807, 2.05) is 12.1 Å². The van der Waals surface area contributed by atoms with Gasteiger partial charge in [0.2, 0.25) is 0 Å². The minimum Gasteiger partial charge on any atom is -0.464 e. The van der Waals surface area contributed by atoms with Crippen molar-refractivity contribution >= 4 is 23.3 Å². The molecule has 1 heterocycles. The molecule has 0 aliphatic heterocycles. The summed E-state index contributed by atoms with van der Waals surface area (Å²) in [6.07, 6.45) is 1.30. The van der Waals surface area contributed by atoms with Crippen molar-refractivity contribution in [1.82, 2.24) is 4.57 Å². The standard InChI is InChI=1S/C13H13NO3/c1-13(2,8-15)10-7-14(12(16)17)11-6-4-3-5-9(10)11/h3-8H,1-2H3,(H,16,17). The van der Waals surface area contributed by atoms with Gasteiger partial charge in [-0.2, -0.15) is 0 Å². The summed E-state index contributed by atoms with van der Waals surface area (Å²) in [6, 6.07) is 7.17. The molecule has 1 aromatic heterocycles. The lowest BCUT2D eigenvalue weighted by Gasteiger charge is -2.15. The Bertz CT molecular complexity index is 596. The molecular formula is C13H13NO3. The number of aldehydes is 1. The summed E-state index contributed by atoms with van der Waals surface area (Å²) < 4.78 is 1.15. The summed E-state index contributed by atoms with van der Waals surface area (Å²) in [4.78, 5) is 22.2. The van der Waals surface area contributed by atoms with Gasteiger partial charge in [-0.25, -0.2) is 4.79 Å². The molecule has 2 aromatic rings. The molecule has 1 N–H and O–H groups in total. The Hall–Kier alpha value is -2.10. The highest BCUT2D eigenvalue weighted by Crippen LogP contribution is 2.30. The van der Waals surface area contributed by atoms with Crippen molar-refractivity contribution in [3.05, 3.63) is 36.0 Å². The van der Waals surface area contributed by atoms with E-state index in [0.29, 0.717) is 5.52 Å². The van der Waals surface area contributed by atoms with Crippen LogP contribution in [0, 0.1) is 0 Å². The van der Waals surface area contributed by atoms with Gasteiger partial charge in [-0.05, 0) is 25.5 Å². The summed E-state index contributed by atoms with van der Waals surface area (Å²) >= 11 is 0. The lowest BCUT2D eigenvalue weighted by molar-refractivity contribution is -0.111. The van der Waals surface area contributed by atoms with E-state index in [0.717, 1.165) is 21.8 Å². The van der Waals surface area contributed by atoms with Crippen LogP contribution in [0.4, 0.5) is 4.79 Å². The first-order valence-electron chi connectivity index (χ1n) is 5.27. The van der Waals surface area contributed by atoms with Crippen LogP contribution in [0.3, 0.4) is 0 Å². The van der Waals surface area contributed by atoms with Crippen LogP contribution in [0.1, 0.15) is 19.4 Å². The molecule has 0 radical (unpaired) electrons. The maximum absolute atomic E-state index is 11.1. The SMILES string of the molecule is CC(C)(C=O)c1cn(C(=O)O)c2ccccc12. The Morgan fingerprint density at radius 2 is 2.00 bits per heavy atom. The molecule has 0 spiro atoms. The number of para-hydroxylation sites is 1. The van der Waals surface area contributed by atoms with Crippen molar-refractivity contribution in [1.29, 1.82) is 0 Å². The van der Waals surface area contributed by atoms with Crippen LogP contribution in [-0.4, -0.2) is 22.1 Å². The molecule has 2 rings (SSSR count). The van der Waals surface area contributed by atoms with E-state index in [2.05, 4.69) is 0 Å². The molecule has 0 unspecified atom stereocenters. The predicted octanol–water partition coefficient (Wildman–Crippen LogP) is 2.64. The number of benzene rings is 1. The Kier molecular flexibility index (Phi) is 2.50. The van der Waals surface area contributed by atoms with Crippen molar-refractivity contribution in [2.45, 2.75) is 19.3 Å². The molecule has 0 bridgehead atoms. The van der Waals surface area contributed by atoms with E-state index in [1.165, 1.54) is 6.20 Å². The Balaban J connectivity index is 2.82. The third-order valence-electron chi connectivity index (χ3n) is 2.91. The van der Waals surface area contributed by atoms with Crippen LogP contribution in [0.2, 0.25) is 0 Å². The third kappa shape index (κ3) is 1.71. The van der Waals surface area contributed by atoms with Gasteiger partial charge in [0.05, 0.1) is 5.52 Å². The number of rotatable bonds is 2. The van der Waals surface area contributed by atoms with E-state index in [4.69, 9.17) is 5.11 Å². The molecule has 0 fully saturated rings. The van der Waals surface area contributed by atoms with E-state index in [1.54, 1.807) is 26.0 Å². The normalized spacial score (nSPS) is 11.6. The number of carbonyl (C=O) groups is 2. The van der Waals surface area contributed by atoms with Gasteiger partial charge in [0, 0.05) is 17.0 Å². The van der Waals surface area contributed by atoms with Crippen LogP contribution in [0.15, 0.2) is 30.5 Å². The molecule has 88 valence electrons. The predicted molar refractivity (Wildman–Crippen MR) is 64.5 cm³/mol. The van der Waals surface area contributed by atoms with Gasteiger partial charge < -0.3 is 9.90 Å². The number of hydrogen-bond acceptors (Lipinski definition) is 2. The smallest absolute Gasteiger partial charge is 0.416 e. The average molecular weight is 231 g/mol. The fourth-order valence-corrected chi connectivity index (χ4v) is 1.91. The molecule has 17 heavy (non-hydrogen) atoms. The minimum absolute atomic E-state index is 0.602. The van der Waals surface area contributed by atoms with Crippen LogP contribution in [0.25, 0.3) is 10.9 Å². The second kappa shape index (κ2) is 3.73. The number of carboxylic acid groups (broad SMARTS) is 1. The van der Waals surface area contributed by atoms with Crippen molar-refractivity contribution in [3.63, 3.8) is 0 Å². The number of fused-ring (bicyclic) bond motifs is 1. The van der Waals surface area contributed by atoms with Crippen LogP contribution < -0.4 is 0 Å². The number of nitrogens with zero attached hydrogens (tertiary/aromatic N) is 1. The molecule has 0 atom stereocenters. The van der Waals surface area contributed by atoms with E-state index < -0.39 is 11.5 Å². The Labute approximate surface area is 98.5 Å².